The number of nitrogens with zero attached hydrogens (tertiary/aromatic N) is 3. The number of guanidine groups is 1. The fraction of sp³-hybridized carbons (Fsp3) is 0.636. The average molecular weight is 354 g/mol. The number of carbonyl (C=O) groups is 1. The van der Waals surface area contributed by atoms with Crippen molar-refractivity contribution in [1.29, 1.82) is 0 Å². The lowest BCUT2D eigenvalue weighted by atomic mass is 9.93. The van der Waals surface area contributed by atoms with Gasteiger partial charge in [-0.2, -0.15) is 0 Å². The van der Waals surface area contributed by atoms with Crippen molar-refractivity contribution in [3.8, 4) is 0 Å². The van der Waals surface area contributed by atoms with E-state index in [2.05, 4.69) is 28.9 Å². The predicted molar refractivity (Wildman–Crippen MR) is 105 cm³/mol. The fourth-order valence-corrected chi connectivity index (χ4v) is 4.61. The average Bonchev–Trinajstić information content (AvgIpc) is 3.00. The van der Waals surface area contributed by atoms with Gasteiger partial charge in [-0.15, -0.1) is 0 Å². The van der Waals surface area contributed by atoms with Crippen molar-refractivity contribution in [2.24, 2.45) is 10.9 Å². The Bertz CT molecular complexity index is 643. The van der Waals surface area contributed by atoms with Crippen molar-refractivity contribution in [2.45, 2.75) is 70.4 Å². The van der Waals surface area contributed by atoms with Gasteiger partial charge in [0, 0.05) is 25.6 Å². The summed E-state index contributed by atoms with van der Waals surface area (Å²) in [6.07, 6.45) is 9.17. The number of hydrogen-bond donors (Lipinski definition) is 0. The van der Waals surface area contributed by atoms with Gasteiger partial charge in [-0.1, -0.05) is 56.5 Å². The summed E-state index contributed by atoms with van der Waals surface area (Å²) in [6, 6.07) is 10.4. The Labute approximate surface area is 157 Å². The second-order valence-corrected chi connectivity index (χ2v) is 8.30. The minimum atomic E-state index is -0.242. The van der Waals surface area contributed by atoms with E-state index in [1.807, 2.05) is 18.2 Å². The van der Waals surface area contributed by atoms with Crippen LogP contribution in [-0.4, -0.2) is 46.8 Å². The molecule has 1 aromatic carbocycles. The minimum absolute atomic E-state index is 0.231. The summed E-state index contributed by atoms with van der Waals surface area (Å²) >= 11 is 0. The van der Waals surface area contributed by atoms with Crippen LogP contribution in [0.25, 0.3) is 0 Å². The summed E-state index contributed by atoms with van der Waals surface area (Å²) in [5.41, 5.74) is 1.20. The lowest BCUT2D eigenvalue weighted by Gasteiger charge is -2.39. The molecule has 2 fully saturated rings. The molecule has 3 aliphatic rings. The summed E-state index contributed by atoms with van der Waals surface area (Å²) in [6.45, 7) is 4.40. The van der Waals surface area contributed by atoms with Gasteiger partial charge < -0.3 is 4.90 Å². The molecule has 1 atom stereocenters. The maximum absolute atomic E-state index is 13.3. The van der Waals surface area contributed by atoms with Crippen LogP contribution in [-0.2, 0) is 11.2 Å². The standard InChI is InChI=1S/C22H31N3O/c1-17-12-14-24(15-13-17)22-23-20(16-18-8-4-2-5-9-18)21(26)25(22)19-10-6-3-7-11-19/h2,4-5,8-9,17,19-20H,3,6-7,10-16H2,1H3. The quantitative estimate of drug-likeness (QED) is 0.827. The molecule has 4 heteroatoms. The highest BCUT2D eigenvalue weighted by atomic mass is 16.2. The van der Waals surface area contributed by atoms with Gasteiger partial charge in [-0.25, -0.2) is 4.99 Å². The van der Waals surface area contributed by atoms with E-state index >= 15 is 0 Å². The van der Waals surface area contributed by atoms with Crippen molar-refractivity contribution in [1.82, 2.24) is 9.80 Å². The van der Waals surface area contributed by atoms with Gasteiger partial charge in [-0.05, 0) is 37.2 Å². The number of amides is 1. The molecule has 4 rings (SSSR count). The van der Waals surface area contributed by atoms with Crippen molar-refractivity contribution in [3.05, 3.63) is 35.9 Å². The van der Waals surface area contributed by atoms with Gasteiger partial charge in [0.2, 0.25) is 5.96 Å². The highest BCUT2D eigenvalue weighted by molar-refractivity contribution is 6.05. The van der Waals surface area contributed by atoms with E-state index < -0.39 is 0 Å². The molecule has 2 heterocycles. The molecule has 26 heavy (non-hydrogen) atoms. The largest absolute Gasteiger partial charge is 0.342 e. The van der Waals surface area contributed by atoms with Gasteiger partial charge in [0.25, 0.3) is 5.91 Å². The van der Waals surface area contributed by atoms with Crippen molar-refractivity contribution in [3.63, 3.8) is 0 Å². The molecular weight excluding hydrogens is 322 g/mol. The topological polar surface area (TPSA) is 35.9 Å². The SMILES string of the molecule is CC1CCN(C2=NC(Cc3ccccc3)C(=O)N2C2CCCCC2)CC1. The summed E-state index contributed by atoms with van der Waals surface area (Å²) in [4.78, 5) is 22.8. The number of hydrogen-bond acceptors (Lipinski definition) is 3. The van der Waals surface area contributed by atoms with Crippen LogP contribution in [0.15, 0.2) is 35.3 Å². The highest BCUT2D eigenvalue weighted by Gasteiger charge is 2.41. The Hall–Kier alpha value is -1.84. The number of aliphatic imine (C=N–C) groups is 1. The molecule has 0 aromatic heterocycles. The zero-order chi connectivity index (χ0) is 17.9. The van der Waals surface area contributed by atoms with Crippen LogP contribution in [0.2, 0.25) is 0 Å². The van der Waals surface area contributed by atoms with Gasteiger partial charge in [0.05, 0.1) is 0 Å². The first kappa shape index (κ1) is 17.6. The predicted octanol–water partition coefficient (Wildman–Crippen LogP) is 3.86. The molecule has 1 amide bonds. The first-order valence-electron chi connectivity index (χ1n) is 10.4. The van der Waals surface area contributed by atoms with E-state index in [-0.39, 0.29) is 11.9 Å². The van der Waals surface area contributed by atoms with E-state index in [1.165, 1.54) is 37.7 Å². The number of piperidine rings is 1. The molecule has 1 aromatic rings. The summed E-state index contributed by atoms with van der Waals surface area (Å²) in [5, 5.41) is 0. The fourth-order valence-electron chi connectivity index (χ4n) is 4.61. The Balaban J connectivity index is 1.56. The summed E-state index contributed by atoms with van der Waals surface area (Å²) in [7, 11) is 0. The van der Waals surface area contributed by atoms with Crippen molar-refractivity contribution >= 4 is 11.9 Å². The Morgan fingerprint density at radius 3 is 2.38 bits per heavy atom. The minimum Gasteiger partial charge on any atom is -0.342 e. The van der Waals surface area contributed by atoms with Crippen LogP contribution in [0, 0.1) is 5.92 Å². The molecule has 0 spiro atoms. The number of rotatable bonds is 3. The molecule has 1 unspecified atom stereocenters. The molecule has 140 valence electrons. The normalized spacial score (nSPS) is 25.7. The molecule has 4 nitrogen and oxygen atoms in total. The van der Waals surface area contributed by atoms with Crippen LogP contribution in [0.1, 0.15) is 57.4 Å². The van der Waals surface area contributed by atoms with Crippen molar-refractivity contribution < 1.29 is 4.79 Å². The van der Waals surface area contributed by atoms with Gasteiger partial charge in [0.15, 0.2) is 0 Å². The monoisotopic (exact) mass is 353 g/mol. The molecule has 0 radical (unpaired) electrons. The van der Waals surface area contributed by atoms with Crippen molar-refractivity contribution in [2.75, 3.05) is 13.1 Å². The highest BCUT2D eigenvalue weighted by Crippen LogP contribution is 2.30. The van der Waals surface area contributed by atoms with Gasteiger partial charge >= 0.3 is 0 Å². The second-order valence-electron chi connectivity index (χ2n) is 8.30. The second kappa shape index (κ2) is 7.81. The van der Waals surface area contributed by atoms with E-state index in [0.717, 1.165) is 44.2 Å². The van der Waals surface area contributed by atoms with E-state index in [0.29, 0.717) is 6.04 Å². The number of benzene rings is 1. The first-order valence-corrected chi connectivity index (χ1v) is 10.4. The molecular formula is C22H31N3O. The molecule has 1 saturated carbocycles. The smallest absolute Gasteiger partial charge is 0.254 e. The number of likely N-dealkylation sites (tertiary alicyclic amines) is 1. The van der Waals surface area contributed by atoms with E-state index in [1.54, 1.807) is 0 Å². The maximum Gasteiger partial charge on any atom is 0.254 e. The van der Waals surface area contributed by atoms with Crippen LogP contribution >= 0.6 is 0 Å². The van der Waals surface area contributed by atoms with E-state index in [9.17, 15) is 4.79 Å². The lowest BCUT2D eigenvalue weighted by molar-refractivity contribution is -0.129. The third kappa shape index (κ3) is 3.65. The lowest BCUT2D eigenvalue weighted by Crippen LogP contribution is -2.52. The maximum atomic E-state index is 13.3. The summed E-state index contributed by atoms with van der Waals surface area (Å²) in [5.74, 6) is 2.00. The first-order chi connectivity index (χ1) is 12.7. The molecule has 1 aliphatic carbocycles. The van der Waals surface area contributed by atoms with E-state index in [4.69, 9.17) is 4.99 Å². The molecule has 0 bridgehead atoms. The van der Waals surface area contributed by atoms with Gasteiger partial charge in [0.1, 0.15) is 6.04 Å². The Morgan fingerprint density at radius 2 is 1.69 bits per heavy atom. The third-order valence-corrected chi connectivity index (χ3v) is 6.29. The third-order valence-electron chi connectivity index (χ3n) is 6.29. The van der Waals surface area contributed by atoms with Crippen LogP contribution in [0.4, 0.5) is 0 Å². The number of carbonyl (C=O) groups excluding carboxylic acids is 1. The molecule has 1 saturated heterocycles. The Kier molecular flexibility index (Phi) is 5.28. The zero-order valence-electron chi connectivity index (χ0n) is 15.9. The van der Waals surface area contributed by atoms with Crippen LogP contribution in [0.5, 0.6) is 0 Å². The summed E-state index contributed by atoms with van der Waals surface area (Å²) < 4.78 is 0. The van der Waals surface area contributed by atoms with Crippen LogP contribution < -0.4 is 0 Å². The molecule has 0 N–H and O–H groups in total. The van der Waals surface area contributed by atoms with Crippen LogP contribution in [0.3, 0.4) is 0 Å². The molecule has 2 aliphatic heterocycles. The van der Waals surface area contributed by atoms with Gasteiger partial charge in [-0.3, -0.25) is 9.69 Å². The Morgan fingerprint density at radius 1 is 1.00 bits per heavy atom. The zero-order valence-corrected chi connectivity index (χ0v) is 15.9.